The average molecular weight is 276 g/mol. The zero-order chi connectivity index (χ0) is 14.3. The molecular formula is C12H21O5P. The topological polar surface area (TPSA) is 101 Å². The third kappa shape index (κ3) is 7.01. The van der Waals surface area contributed by atoms with Gasteiger partial charge in [-0.2, -0.15) is 0 Å². The molecule has 0 radical (unpaired) electrons. The molecule has 5 nitrogen and oxygen atoms in total. The van der Waals surface area contributed by atoms with Gasteiger partial charge in [0.1, 0.15) is 6.10 Å². The summed E-state index contributed by atoms with van der Waals surface area (Å²) in [5.74, 6) is 0. The van der Waals surface area contributed by atoms with Gasteiger partial charge in [0.05, 0.1) is 6.61 Å². The first kappa shape index (κ1) is 17.4. The van der Waals surface area contributed by atoms with E-state index in [0.717, 1.165) is 5.56 Å². The molecule has 5 N–H and O–H groups in total. The van der Waals surface area contributed by atoms with Crippen LogP contribution in [0.1, 0.15) is 38.0 Å². The number of aliphatic hydroxyl groups excluding tert-OH is 2. The Morgan fingerprint density at radius 1 is 1.06 bits per heavy atom. The first-order valence-electron chi connectivity index (χ1n) is 5.44. The van der Waals surface area contributed by atoms with E-state index >= 15 is 0 Å². The highest BCUT2D eigenvalue weighted by Gasteiger charge is 2.13. The monoisotopic (exact) mass is 276 g/mol. The van der Waals surface area contributed by atoms with Crippen molar-refractivity contribution >= 4 is 8.60 Å². The molecule has 0 amide bonds. The molecule has 1 unspecified atom stereocenters. The van der Waals surface area contributed by atoms with Crippen molar-refractivity contribution in [1.82, 2.24) is 0 Å². The van der Waals surface area contributed by atoms with Crippen molar-refractivity contribution in [2.75, 3.05) is 6.61 Å². The predicted molar refractivity (Wildman–Crippen MR) is 70.8 cm³/mol. The lowest BCUT2D eigenvalue weighted by molar-refractivity contribution is 0.0956. The Labute approximate surface area is 108 Å². The second-order valence-electron chi connectivity index (χ2n) is 4.84. The van der Waals surface area contributed by atoms with Crippen LogP contribution < -0.4 is 0 Å². The van der Waals surface area contributed by atoms with E-state index in [1.54, 1.807) is 0 Å². The molecule has 0 aliphatic heterocycles. The van der Waals surface area contributed by atoms with E-state index < -0.39 is 14.7 Å². The van der Waals surface area contributed by atoms with Crippen LogP contribution in [0.15, 0.2) is 24.3 Å². The Kier molecular flexibility index (Phi) is 7.55. The van der Waals surface area contributed by atoms with Crippen LogP contribution in [-0.4, -0.2) is 31.5 Å². The lowest BCUT2D eigenvalue weighted by atomic mass is 9.86. The van der Waals surface area contributed by atoms with Gasteiger partial charge >= 0.3 is 8.60 Å². The van der Waals surface area contributed by atoms with Crippen LogP contribution in [0.4, 0.5) is 0 Å². The number of hydrogen-bond donors (Lipinski definition) is 5. The van der Waals surface area contributed by atoms with Crippen LogP contribution in [0.3, 0.4) is 0 Å². The maximum atomic E-state index is 9.37. The van der Waals surface area contributed by atoms with Gasteiger partial charge in [-0.15, -0.1) is 0 Å². The predicted octanol–water partition coefficient (Wildman–Crippen LogP) is 1.20. The fourth-order valence-electron chi connectivity index (χ4n) is 1.31. The summed E-state index contributed by atoms with van der Waals surface area (Å²) in [5.41, 5.74) is 2.12. The van der Waals surface area contributed by atoms with Gasteiger partial charge in [-0.3, -0.25) is 0 Å². The van der Waals surface area contributed by atoms with Gasteiger partial charge < -0.3 is 24.9 Å². The van der Waals surface area contributed by atoms with Gasteiger partial charge in [0.15, 0.2) is 0 Å². The zero-order valence-electron chi connectivity index (χ0n) is 10.8. The van der Waals surface area contributed by atoms with E-state index in [4.69, 9.17) is 19.8 Å². The molecule has 18 heavy (non-hydrogen) atoms. The minimum Gasteiger partial charge on any atom is -0.393 e. The zero-order valence-corrected chi connectivity index (χ0v) is 11.7. The Balaban J connectivity index is 0.000000631. The van der Waals surface area contributed by atoms with Crippen molar-refractivity contribution in [2.24, 2.45) is 0 Å². The minimum absolute atomic E-state index is 0.128. The maximum Gasteiger partial charge on any atom is 0.324 e. The van der Waals surface area contributed by atoms with Crippen LogP contribution in [0, 0.1) is 0 Å². The summed E-state index contributed by atoms with van der Waals surface area (Å²) < 4.78 is 0. The molecule has 6 heteroatoms. The number of aliphatic hydroxyl groups is 2. The molecule has 0 fully saturated rings. The van der Waals surface area contributed by atoms with E-state index in [9.17, 15) is 5.11 Å². The van der Waals surface area contributed by atoms with Gasteiger partial charge in [0.2, 0.25) is 0 Å². The van der Waals surface area contributed by atoms with Gasteiger partial charge in [-0.1, -0.05) is 45.0 Å². The first-order valence-corrected chi connectivity index (χ1v) is 6.64. The largest absolute Gasteiger partial charge is 0.393 e. The molecule has 1 atom stereocenters. The van der Waals surface area contributed by atoms with Gasteiger partial charge in [-0.25, -0.2) is 0 Å². The van der Waals surface area contributed by atoms with Gasteiger partial charge in [0, 0.05) is 0 Å². The summed E-state index contributed by atoms with van der Waals surface area (Å²) in [6.07, 6.45) is -0.760. The summed E-state index contributed by atoms with van der Waals surface area (Å²) in [4.78, 5) is 21.7. The van der Waals surface area contributed by atoms with Crippen LogP contribution in [0.5, 0.6) is 0 Å². The molecular weight excluding hydrogens is 255 g/mol. The fourth-order valence-corrected chi connectivity index (χ4v) is 1.31. The molecule has 0 spiro atoms. The lowest BCUT2D eigenvalue weighted by Gasteiger charge is -2.19. The highest BCUT2D eigenvalue weighted by molar-refractivity contribution is 7.38. The van der Waals surface area contributed by atoms with Crippen molar-refractivity contribution in [3.8, 4) is 0 Å². The molecule has 104 valence electrons. The summed E-state index contributed by atoms with van der Waals surface area (Å²) in [7, 11) is -2.62. The highest BCUT2D eigenvalue weighted by atomic mass is 31.2. The third-order valence-electron chi connectivity index (χ3n) is 2.33. The second-order valence-corrected chi connectivity index (χ2v) is 5.38. The fraction of sp³-hybridized carbons (Fsp3) is 0.500. The normalized spacial score (nSPS) is 12.9. The lowest BCUT2D eigenvalue weighted by Crippen LogP contribution is -2.11. The molecule has 1 aromatic carbocycles. The smallest absolute Gasteiger partial charge is 0.324 e. The van der Waals surface area contributed by atoms with Crippen molar-refractivity contribution in [1.29, 1.82) is 0 Å². The van der Waals surface area contributed by atoms with Crippen LogP contribution in [-0.2, 0) is 5.41 Å². The number of rotatable bonds is 2. The minimum atomic E-state index is -2.62. The van der Waals surface area contributed by atoms with E-state index in [-0.39, 0.29) is 12.0 Å². The van der Waals surface area contributed by atoms with Gasteiger partial charge in [0.25, 0.3) is 0 Å². The van der Waals surface area contributed by atoms with E-state index in [1.807, 2.05) is 24.3 Å². The van der Waals surface area contributed by atoms with Crippen LogP contribution in [0.2, 0.25) is 0 Å². The summed E-state index contributed by atoms with van der Waals surface area (Å²) in [5, 5.41) is 18.1. The standard InChI is InChI=1S/C12H18O2.H3O3P/c1-12(2,3)10-6-4-9(5-7-10)11(14)8-13;1-4(2)3/h4-7,11,13-14H,8H2,1-3H3;1-3H. The third-order valence-corrected chi connectivity index (χ3v) is 2.33. The first-order chi connectivity index (χ1) is 8.18. The van der Waals surface area contributed by atoms with Crippen molar-refractivity contribution in [3.05, 3.63) is 35.4 Å². The van der Waals surface area contributed by atoms with Crippen molar-refractivity contribution < 1.29 is 24.9 Å². The average Bonchev–Trinajstić information content (AvgIpc) is 2.26. The Bertz CT molecular complexity index is 329. The molecule has 1 rings (SSSR count). The number of hydrogen-bond acceptors (Lipinski definition) is 5. The van der Waals surface area contributed by atoms with Gasteiger partial charge in [-0.05, 0) is 16.5 Å². The van der Waals surface area contributed by atoms with Crippen molar-refractivity contribution in [3.63, 3.8) is 0 Å². The summed E-state index contributed by atoms with van der Waals surface area (Å²) >= 11 is 0. The Morgan fingerprint density at radius 2 is 1.44 bits per heavy atom. The van der Waals surface area contributed by atoms with E-state index in [1.165, 1.54) is 5.56 Å². The molecule has 0 aliphatic carbocycles. The summed E-state index contributed by atoms with van der Waals surface area (Å²) in [6.45, 7) is 6.20. The highest BCUT2D eigenvalue weighted by Crippen LogP contribution is 2.23. The second kappa shape index (κ2) is 7.79. The van der Waals surface area contributed by atoms with E-state index in [0.29, 0.717) is 0 Å². The van der Waals surface area contributed by atoms with Crippen LogP contribution >= 0.6 is 8.60 Å². The van der Waals surface area contributed by atoms with E-state index in [2.05, 4.69) is 20.8 Å². The molecule has 0 saturated heterocycles. The molecule has 0 heterocycles. The Morgan fingerprint density at radius 3 is 1.72 bits per heavy atom. The molecule has 0 saturated carbocycles. The quantitative estimate of drug-likeness (QED) is 0.522. The molecule has 0 aliphatic rings. The molecule has 0 aromatic heterocycles. The van der Waals surface area contributed by atoms with Crippen LogP contribution in [0.25, 0.3) is 0 Å². The maximum absolute atomic E-state index is 9.37. The SMILES string of the molecule is CC(C)(C)c1ccc(C(O)CO)cc1.OP(O)O. The Hall–Kier alpha value is -0.550. The van der Waals surface area contributed by atoms with Crippen molar-refractivity contribution in [2.45, 2.75) is 32.3 Å². The molecule has 1 aromatic rings. The summed E-state index contributed by atoms with van der Waals surface area (Å²) in [6, 6.07) is 7.71. The number of benzene rings is 1. The molecule has 0 bridgehead atoms.